The van der Waals surface area contributed by atoms with Gasteiger partial charge in [-0.3, -0.25) is 0 Å². The molecule has 0 aliphatic rings. The predicted octanol–water partition coefficient (Wildman–Crippen LogP) is 11.5. The molecular formula is C30H58. The van der Waals surface area contributed by atoms with E-state index in [1.807, 2.05) is 0 Å². The van der Waals surface area contributed by atoms with Crippen LogP contribution in [0.1, 0.15) is 168 Å². The molecule has 0 spiro atoms. The zero-order valence-electron chi connectivity index (χ0n) is 21.4. The molecule has 0 radical (unpaired) electrons. The third kappa shape index (κ3) is 22.2. The molecule has 0 aromatic carbocycles. The molecule has 0 heterocycles. The second kappa shape index (κ2) is 24.7. The number of hydrogen-bond donors (Lipinski definition) is 0. The maximum atomic E-state index is 4.31. The average Bonchev–Trinajstić information content (AvgIpc) is 2.75. The van der Waals surface area contributed by atoms with Crippen molar-refractivity contribution in [3.05, 3.63) is 24.3 Å². The fraction of sp³-hybridized carbons (Fsp3) is 0.867. The van der Waals surface area contributed by atoms with Gasteiger partial charge in [0.25, 0.3) is 0 Å². The second-order valence-corrected chi connectivity index (χ2v) is 9.78. The first-order valence-electron chi connectivity index (χ1n) is 14.1. The van der Waals surface area contributed by atoms with E-state index in [-0.39, 0.29) is 0 Å². The fourth-order valence-corrected chi connectivity index (χ4v) is 4.36. The topological polar surface area (TPSA) is 0 Å². The van der Waals surface area contributed by atoms with Crippen molar-refractivity contribution in [1.82, 2.24) is 0 Å². The van der Waals surface area contributed by atoms with Crippen LogP contribution in [0.4, 0.5) is 0 Å². The van der Waals surface area contributed by atoms with Gasteiger partial charge >= 0.3 is 0 Å². The van der Waals surface area contributed by atoms with Crippen LogP contribution >= 0.6 is 0 Å². The van der Waals surface area contributed by atoms with Gasteiger partial charge in [0, 0.05) is 0 Å². The van der Waals surface area contributed by atoms with Gasteiger partial charge < -0.3 is 0 Å². The Morgan fingerprint density at radius 2 is 0.533 bits per heavy atom. The minimum absolute atomic E-state index is 1.17. The van der Waals surface area contributed by atoms with E-state index >= 15 is 0 Å². The Balaban J connectivity index is 3.32. The van der Waals surface area contributed by atoms with E-state index in [1.165, 1.54) is 165 Å². The molecular weight excluding hydrogens is 360 g/mol. The zero-order chi connectivity index (χ0) is 22.1. The Kier molecular flexibility index (Phi) is 24.3. The Hall–Kier alpha value is -0.520. The summed E-state index contributed by atoms with van der Waals surface area (Å²) in [4.78, 5) is 0. The summed E-state index contributed by atoms with van der Waals surface area (Å²) in [6.07, 6.45) is 33.5. The van der Waals surface area contributed by atoms with Crippen molar-refractivity contribution in [2.24, 2.45) is 0 Å². The minimum atomic E-state index is 1.17. The van der Waals surface area contributed by atoms with Crippen LogP contribution in [0.3, 0.4) is 0 Å². The van der Waals surface area contributed by atoms with E-state index in [4.69, 9.17) is 0 Å². The van der Waals surface area contributed by atoms with Gasteiger partial charge in [0.15, 0.2) is 0 Å². The van der Waals surface area contributed by atoms with E-state index in [9.17, 15) is 0 Å². The van der Waals surface area contributed by atoms with Crippen molar-refractivity contribution in [3.8, 4) is 0 Å². The summed E-state index contributed by atoms with van der Waals surface area (Å²) in [5.74, 6) is 0. The van der Waals surface area contributed by atoms with Crippen molar-refractivity contribution >= 4 is 0 Å². The highest BCUT2D eigenvalue weighted by Crippen LogP contribution is 2.21. The molecule has 0 saturated heterocycles. The van der Waals surface area contributed by atoms with Crippen molar-refractivity contribution in [2.45, 2.75) is 168 Å². The van der Waals surface area contributed by atoms with Crippen molar-refractivity contribution in [1.29, 1.82) is 0 Å². The molecule has 0 bridgehead atoms. The van der Waals surface area contributed by atoms with Crippen molar-refractivity contribution in [2.75, 3.05) is 0 Å². The van der Waals surface area contributed by atoms with Crippen molar-refractivity contribution < 1.29 is 0 Å². The van der Waals surface area contributed by atoms with Gasteiger partial charge in [0.05, 0.1) is 0 Å². The van der Waals surface area contributed by atoms with E-state index in [2.05, 4.69) is 27.0 Å². The molecule has 178 valence electrons. The molecule has 0 nitrogen and oxygen atoms in total. The van der Waals surface area contributed by atoms with Gasteiger partial charge in [0.1, 0.15) is 0 Å². The lowest BCUT2D eigenvalue weighted by molar-refractivity contribution is 0.547. The molecule has 0 atom stereocenters. The van der Waals surface area contributed by atoms with Crippen LogP contribution in [0.2, 0.25) is 0 Å². The normalized spacial score (nSPS) is 11.1. The van der Waals surface area contributed by atoms with Gasteiger partial charge in [-0.05, 0) is 25.7 Å². The Morgan fingerprint density at radius 3 is 0.767 bits per heavy atom. The first-order chi connectivity index (χ1) is 14.7. The maximum Gasteiger partial charge on any atom is -0.0282 e. The monoisotopic (exact) mass is 418 g/mol. The van der Waals surface area contributed by atoms with Gasteiger partial charge in [-0.25, -0.2) is 0 Å². The fourth-order valence-electron chi connectivity index (χ4n) is 4.36. The molecule has 0 aliphatic heterocycles. The smallest absolute Gasteiger partial charge is 0.0282 e. The molecule has 0 rings (SSSR count). The Bertz CT molecular complexity index is 328. The third-order valence-corrected chi connectivity index (χ3v) is 6.66. The summed E-state index contributed by atoms with van der Waals surface area (Å²) in [7, 11) is 0. The summed E-state index contributed by atoms with van der Waals surface area (Å²) in [5, 5.41) is 0. The SMILES string of the molecule is C=C(CCCCCCCCCCCCC)C(=C)CCCCCCCCCCCCC. The lowest BCUT2D eigenvalue weighted by atomic mass is 9.96. The molecule has 0 heteroatoms. The van der Waals surface area contributed by atoms with E-state index < -0.39 is 0 Å². The van der Waals surface area contributed by atoms with E-state index in [0.29, 0.717) is 0 Å². The van der Waals surface area contributed by atoms with Crippen molar-refractivity contribution in [3.63, 3.8) is 0 Å². The first kappa shape index (κ1) is 29.5. The molecule has 30 heavy (non-hydrogen) atoms. The number of rotatable bonds is 25. The second-order valence-electron chi connectivity index (χ2n) is 9.78. The van der Waals surface area contributed by atoms with E-state index in [1.54, 1.807) is 0 Å². The highest BCUT2D eigenvalue weighted by Gasteiger charge is 2.01. The van der Waals surface area contributed by atoms with Gasteiger partial charge in [0.2, 0.25) is 0 Å². The van der Waals surface area contributed by atoms with Crippen LogP contribution in [0, 0.1) is 0 Å². The summed E-state index contributed by atoms with van der Waals surface area (Å²) >= 11 is 0. The molecule has 0 aromatic heterocycles. The van der Waals surface area contributed by atoms with Crippen LogP contribution in [-0.4, -0.2) is 0 Å². The summed E-state index contributed by atoms with van der Waals surface area (Å²) in [5.41, 5.74) is 2.66. The molecule has 0 aromatic rings. The van der Waals surface area contributed by atoms with Crippen LogP contribution in [0.5, 0.6) is 0 Å². The molecule has 0 amide bonds. The first-order valence-corrected chi connectivity index (χ1v) is 14.1. The molecule has 0 unspecified atom stereocenters. The summed E-state index contributed by atoms with van der Waals surface area (Å²) < 4.78 is 0. The van der Waals surface area contributed by atoms with Crippen LogP contribution in [-0.2, 0) is 0 Å². The molecule has 0 aliphatic carbocycles. The van der Waals surface area contributed by atoms with Gasteiger partial charge in [-0.2, -0.15) is 0 Å². The molecule has 0 N–H and O–H groups in total. The largest absolute Gasteiger partial charge is 0.0956 e. The highest BCUT2D eigenvalue weighted by molar-refractivity contribution is 5.24. The number of hydrogen-bond acceptors (Lipinski definition) is 0. The minimum Gasteiger partial charge on any atom is -0.0956 e. The lowest BCUT2D eigenvalue weighted by Gasteiger charge is -2.10. The Labute approximate surface area is 192 Å². The predicted molar refractivity (Wildman–Crippen MR) is 140 cm³/mol. The van der Waals surface area contributed by atoms with Gasteiger partial charge in [-0.1, -0.05) is 167 Å². The highest BCUT2D eigenvalue weighted by atomic mass is 14.1. The standard InChI is InChI=1S/C30H58/c1-5-7-9-11-13-15-17-19-21-23-25-27-29(3)30(4)28-26-24-22-20-18-16-14-12-10-8-6-2/h3-28H2,1-2H3. The number of allylic oxidation sites excluding steroid dienone is 2. The average molecular weight is 419 g/mol. The molecule has 0 fully saturated rings. The van der Waals surface area contributed by atoms with Crippen LogP contribution in [0.15, 0.2) is 24.3 Å². The van der Waals surface area contributed by atoms with Crippen LogP contribution in [0.25, 0.3) is 0 Å². The Morgan fingerprint density at radius 1 is 0.333 bits per heavy atom. The summed E-state index contributed by atoms with van der Waals surface area (Å²) in [6, 6.07) is 0. The molecule has 0 saturated carbocycles. The van der Waals surface area contributed by atoms with Crippen LogP contribution < -0.4 is 0 Å². The quantitative estimate of drug-likeness (QED) is 0.102. The third-order valence-electron chi connectivity index (χ3n) is 6.66. The maximum absolute atomic E-state index is 4.31. The zero-order valence-corrected chi connectivity index (χ0v) is 21.4. The number of unbranched alkanes of at least 4 members (excludes halogenated alkanes) is 20. The van der Waals surface area contributed by atoms with E-state index in [0.717, 1.165) is 0 Å². The van der Waals surface area contributed by atoms with Gasteiger partial charge in [-0.15, -0.1) is 0 Å². The summed E-state index contributed by atoms with van der Waals surface area (Å²) in [6.45, 7) is 13.2. The lowest BCUT2D eigenvalue weighted by Crippen LogP contribution is -1.90.